The lowest BCUT2D eigenvalue weighted by Gasteiger charge is -2.30. The number of hydrogen-bond acceptors (Lipinski definition) is 4. The summed E-state index contributed by atoms with van der Waals surface area (Å²) in [4.78, 5) is 41.5. The number of nitrogens with one attached hydrogen (secondary N) is 1. The maximum Gasteiger partial charge on any atom is 0.416 e. The van der Waals surface area contributed by atoms with E-state index < -0.39 is 59.3 Å². The van der Waals surface area contributed by atoms with E-state index in [9.17, 15) is 37.1 Å². The van der Waals surface area contributed by atoms with Gasteiger partial charge < -0.3 is 19.9 Å². The van der Waals surface area contributed by atoms with Crippen molar-refractivity contribution in [2.24, 2.45) is 11.8 Å². The number of carbonyl (C=O) groups is 2. The summed E-state index contributed by atoms with van der Waals surface area (Å²) in [7, 11) is 1.94. The average molecular weight is 690 g/mol. The highest BCUT2D eigenvalue weighted by Gasteiger charge is 2.37. The fraction of sp³-hybridized carbons (Fsp3) is 0.486. The largest absolute Gasteiger partial charge is 0.481 e. The fourth-order valence-electron chi connectivity index (χ4n) is 6.87. The minimum absolute atomic E-state index is 0.0417. The van der Waals surface area contributed by atoms with Crippen molar-refractivity contribution < 1.29 is 36.6 Å². The van der Waals surface area contributed by atoms with Crippen LogP contribution in [0.3, 0.4) is 0 Å². The first kappa shape index (κ1) is 37.8. The molecule has 2 aromatic carbocycles. The number of pyridine rings is 1. The number of piperidine rings is 1. The number of aliphatic carboxylic acids is 1. The van der Waals surface area contributed by atoms with Gasteiger partial charge in [0.1, 0.15) is 17.7 Å². The molecule has 1 aliphatic rings. The molecule has 4 rings (SSSR count). The van der Waals surface area contributed by atoms with Gasteiger partial charge in [0, 0.05) is 17.8 Å². The Labute approximate surface area is 283 Å². The van der Waals surface area contributed by atoms with Crippen molar-refractivity contribution in [1.29, 1.82) is 0 Å². The number of hydrogen-bond donors (Lipinski definition) is 2. The maximum atomic E-state index is 15.8. The zero-order valence-electron chi connectivity index (χ0n) is 28.7. The maximum absolute atomic E-state index is 15.8. The minimum Gasteiger partial charge on any atom is -0.481 e. The van der Waals surface area contributed by atoms with E-state index in [0.29, 0.717) is 41.2 Å². The number of carbonyl (C=O) groups excluding carboxylic acids is 1. The Hall–Kier alpha value is -4.06. The fourth-order valence-corrected chi connectivity index (χ4v) is 6.87. The van der Waals surface area contributed by atoms with E-state index in [-0.39, 0.29) is 41.4 Å². The lowest BCUT2D eigenvalue weighted by atomic mass is 9.89. The van der Waals surface area contributed by atoms with Crippen LogP contribution >= 0.6 is 0 Å². The van der Waals surface area contributed by atoms with Crippen molar-refractivity contribution in [1.82, 2.24) is 14.8 Å². The Morgan fingerprint density at radius 1 is 0.980 bits per heavy atom. The molecule has 1 saturated heterocycles. The summed E-state index contributed by atoms with van der Waals surface area (Å²) in [5.74, 6) is -3.62. The van der Waals surface area contributed by atoms with Crippen molar-refractivity contribution >= 4 is 11.9 Å². The summed E-state index contributed by atoms with van der Waals surface area (Å²) in [6.45, 7) is 9.90. The summed E-state index contributed by atoms with van der Waals surface area (Å²) < 4.78 is 73.4. The van der Waals surface area contributed by atoms with E-state index in [2.05, 4.69) is 10.2 Å². The molecular weight excluding hydrogens is 645 g/mol. The van der Waals surface area contributed by atoms with Crippen molar-refractivity contribution in [3.05, 3.63) is 91.9 Å². The van der Waals surface area contributed by atoms with Crippen LogP contribution in [-0.4, -0.2) is 46.6 Å². The molecule has 1 aromatic heterocycles. The Kier molecular flexibility index (Phi) is 11.7. The van der Waals surface area contributed by atoms with Crippen molar-refractivity contribution in [2.75, 3.05) is 20.1 Å². The predicted molar refractivity (Wildman–Crippen MR) is 177 cm³/mol. The van der Waals surface area contributed by atoms with Gasteiger partial charge in [0.2, 0.25) is 5.91 Å². The van der Waals surface area contributed by atoms with Crippen LogP contribution in [0, 0.1) is 44.2 Å². The summed E-state index contributed by atoms with van der Waals surface area (Å²) in [6.07, 6.45) is -2.91. The summed E-state index contributed by atoms with van der Waals surface area (Å²) >= 11 is 0. The van der Waals surface area contributed by atoms with Crippen LogP contribution in [-0.2, 0) is 22.2 Å². The summed E-state index contributed by atoms with van der Waals surface area (Å²) in [6, 6.07) is 3.46. The lowest BCUT2D eigenvalue weighted by Crippen LogP contribution is -2.41. The van der Waals surface area contributed by atoms with E-state index in [1.807, 2.05) is 7.05 Å². The number of nitrogens with zero attached hydrogens (tertiary/aromatic N) is 2. The van der Waals surface area contributed by atoms with Crippen LogP contribution in [0.4, 0.5) is 22.0 Å². The van der Waals surface area contributed by atoms with Crippen LogP contribution < -0.4 is 10.9 Å². The summed E-state index contributed by atoms with van der Waals surface area (Å²) in [5, 5.41) is 12.4. The molecule has 0 spiro atoms. The molecule has 266 valence electrons. The van der Waals surface area contributed by atoms with Gasteiger partial charge in [0.15, 0.2) is 0 Å². The van der Waals surface area contributed by atoms with Gasteiger partial charge in [-0.2, -0.15) is 13.2 Å². The molecule has 12 heteroatoms. The number of likely N-dealkylation sites (tertiary alicyclic amines) is 1. The number of carboxylic acid groups (broad SMARTS) is 1. The third-order valence-electron chi connectivity index (χ3n) is 9.29. The number of halogens is 5. The first-order valence-electron chi connectivity index (χ1n) is 16.5. The van der Waals surface area contributed by atoms with E-state index in [1.54, 1.807) is 33.8 Å². The topological polar surface area (TPSA) is 91.6 Å². The molecule has 0 saturated carbocycles. The molecule has 1 fully saturated rings. The molecule has 0 bridgehead atoms. The highest BCUT2D eigenvalue weighted by Crippen LogP contribution is 2.36. The predicted octanol–water partition coefficient (Wildman–Crippen LogP) is 7.54. The van der Waals surface area contributed by atoms with Gasteiger partial charge in [0.25, 0.3) is 5.56 Å². The normalized spacial score (nSPS) is 15.8. The SMILES string of the molecule is Cc1cc(-c2c(C)cc(F)cc2C)cc(C(CC(=O)O)NC(=O)C(CC(C)C)n2cc(CC3CCN(C)CC3)c(C(F)(F)F)cc2=O)c1F. The van der Waals surface area contributed by atoms with E-state index in [1.165, 1.54) is 25.1 Å². The lowest BCUT2D eigenvalue weighted by molar-refractivity contribution is -0.139. The number of aryl methyl sites for hydroxylation is 3. The smallest absolute Gasteiger partial charge is 0.416 e. The molecule has 2 unspecified atom stereocenters. The molecule has 2 N–H and O–H groups in total. The van der Waals surface area contributed by atoms with Gasteiger partial charge in [0.05, 0.1) is 18.0 Å². The van der Waals surface area contributed by atoms with Crippen molar-refractivity contribution in [3.8, 4) is 11.1 Å². The third-order valence-corrected chi connectivity index (χ3v) is 9.29. The van der Waals surface area contributed by atoms with Gasteiger partial charge in [-0.25, -0.2) is 8.78 Å². The number of rotatable bonds is 11. The van der Waals surface area contributed by atoms with Crippen LogP contribution in [0.15, 0.2) is 41.3 Å². The molecule has 1 aliphatic heterocycles. The number of alkyl halides is 3. The quantitative estimate of drug-likeness (QED) is 0.203. The zero-order valence-corrected chi connectivity index (χ0v) is 28.7. The zero-order chi connectivity index (χ0) is 36.4. The molecule has 1 amide bonds. The monoisotopic (exact) mass is 689 g/mol. The highest BCUT2D eigenvalue weighted by atomic mass is 19.4. The molecule has 3 aromatic rings. The van der Waals surface area contributed by atoms with Gasteiger partial charge in [-0.05, 0) is 136 Å². The number of amides is 1. The van der Waals surface area contributed by atoms with Gasteiger partial charge >= 0.3 is 12.1 Å². The molecule has 0 radical (unpaired) electrons. The Bertz CT molecular complexity index is 1740. The van der Waals surface area contributed by atoms with Crippen LogP contribution in [0.25, 0.3) is 11.1 Å². The van der Waals surface area contributed by atoms with Crippen LogP contribution in [0.2, 0.25) is 0 Å². The van der Waals surface area contributed by atoms with E-state index in [4.69, 9.17) is 0 Å². The molecule has 49 heavy (non-hydrogen) atoms. The average Bonchev–Trinajstić information content (AvgIpc) is 2.97. The molecule has 2 heterocycles. The van der Waals surface area contributed by atoms with E-state index >= 15 is 4.39 Å². The molecule has 7 nitrogen and oxygen atoms in total. The molecule has 2 atom stereocenters. The Morgan fingerprint density at radius 3 is 2.14 bits per heavy atom. The number of benzene rings is 2. The van der Waals surface area contributed by atoms with E-state index in [0.717, 1.165) is 23.9 Å². The second kappa shape index (κ2) is 15.2. The Morgan fingerprint density at radius 2 is 1.59 bits per heavy atom. The van der Waals surface area contributed by atoms with Gasteiger partial charge in [-0.15, -0.1) is 0 Å². The summed E-state index contributed by atoms with van der Waals surface area (Å²) in [5.41, 5.74) is 0.136. The Balaban J connectivity index is 1.78. The second-order valence-electron chi connectivity index (χ2n) is 13.8. The van der Waals surface area contributed by atoms with Crippen LogP contribution in [0.1, 0.15) is 85.0 Å². The van der Waals surface area contributed by atoms with Crippen molar-refractivity contribution in [3.63, 3.8) is 0 Å². The third kappa shape index (κ3) is 9.14. The minimum atomic E-state index is -4.79. The van der Waals surface area contributed by atoms with Crippen molar-refractivity contribution in [2.45, 2.75) is 85.0 Å². The second-order valence-corrected chi connectivity index (χ2v) is 13.8. The standard InChI is InChI=1S/C37H44F5N3O4/c1-20(2)11-31(45-19-26(15-24-7-9-44(6)10-8-24)29(17-32(45)46)37(40,41)42)36(49)43-30(18-33(47)48)28-16-25(12-23(5)35(28)39)34-21(3)13-27(38)14-22(34)4/h12-14,16-17,19-20,24,30-31H,7-11,15,18H2,1-6H3,(H,43,49)(H,47,48). The van der Waals surface area contributed by atoms with Gasteiger partial charge in [-0.1, -0.05) is 13.8 Å². The number of aromatic nitrogens is 1. The van der Waals surface area contributed by atoms with Gasteiger partial charge in [-0.3, -0.25) is 14.4 Å². The molecular formula is C37H44F5N3O4. The highest BCUT2D eigenvalue weighted by molar-refractivity contribution is 5.82. The number of carboxylic acids is 1. The van der Waals surface area contributed by atoms with Crippen LogP contribution in [0.5, 0.6) is 0 Å². The first-order valence-corrected chi connectivity index (χ1v) is 16.5. The first-order chi connectivity index (χ1) is 22.8. The molecule has 0 aliphatic carbocycles.